The second-order valence-electron chi connectivity index (χ2n) is 5.46. The van der Waals surface area contributed by atoms with Gasteiger partial charge in [-0.2, -0.15) is 0 Å². The predicted molar refractivity (Wildman–Crippen MR) is 89.4 cm³/mol. The number of carbonyl (C=O) groups is 1. The lowest BCUT2D eigenvalue weighted by atomic mass is 10.2. The quantitative estimate of drug-likeness (QED) is 0.871. The summed E-state index contributed by atoms with van der Waals surface area (Å²) >= 11 is 11.9. The summed E-state index contributed by atoms with van der Waals surface area (Å²) in [4.78, 5) is 13.9. The molecule has 0 spiro atoms. The summed E-state index contributed by atoms with van der Waals surface area (Å²) in [6, 6.07) is 4.85. The fourth-order valence-corrected chi connectivity index (χ4v) is 4.53. The minimum absolute atomic E-state index is 0.00689. The zero-order valence-electron chi connectivity index (χ0n) is 12.2. The maximum absolute atomic E-state index is 12.0. The van der Waals surface area contributed by atoms with E-state index in [2.05, 4.69) is 5.32 Å². The maximum atomic E-state index is 12.0. The minimum atomic E-state index is -2.91. The Labute approximate surface area is 140 Å². The number of hydrogen-bond donors (Lipinski definition) is 1. The van der Waals surface area contributed by atoms with Crippen molar-refractivity contribution in [3.8, 4) is 0 Å². The summed E-state index contributed by atoms with van der Waals surface area (Å²) in [6.45, 7) is 0.490. The van der Waals surface area contributed by atoms with Gasteiger partial charge in [-0.15, -0.1) is 0 Å². The molecule has 1 N–H and O–H groups in total. The van der Waals surface area contributed by atoms with Gasteiger partial charge in [0.25, 0.3) is 0 Å². The number of rotatable bonds is 5. The number of nitrogens with one attached hydrogen (secondary N) is 1. The van der Waals surface area contributed by atoms with Gasteiger partial charge in [0, 0.05) is 24.0 Å². The molecule has 22 heavy (non-hydrogen) atoms. The van der Waals surface area contributed by atoms with Crippen molar-refractivity contribution in [2.24, 2.45) is 0 Å². The molecule has 1 aromatic rings. The number of anilines is 1. The highest BCUT2D eigenvalue weighted by Crippen LogP contribution is 2.25. The van der Waals surface area contributed by atoms with Crippen LogP contribution in [-0.4, -0.2) is 50.4 Å². The number of halogens is 2. The van der Waals surface area contributed by atoms with E-state index in [0.29, 0.717) is 28.7 Å². The normalized spacial score (nSPS) is 20.3. The van der Waals surface area contributed by atoms with Crippen LogP contribution in [0.2, 0.25) is 10.0 Å². The maximum Gasteiger partial charge on any atom is 0.225 e. The molecule has 1 heterocycles. The SMILES string of the molecule is CN(CCC(=O)Nc1cc(Cl)ccc1Cl)C1CCS(=O)(=O)C1. The van der Waals surface area contributed by atoms with Crippen LogP contribution < -0.4 is 5.32 Å². The van der Waals surface area contributed by atoms with Gasteiger partial charge in [0.1, 0.15) is 0 Å². The summed E-state index contributed by atoms with van der Waals surface area (Å²) in [6.07, 6.45) is 0.885. The topological polar surface area (TPSA) is 66.5 Å². The van der Waals surface area contributed by atoms with E-state index in [1.165, 1.54) is 0 Å². The molecule has 1 saturated heterocycles. The molecule has 0 radical (unpaired) electrons. The van der Waals surface area contributed by atoms with Gasteiger partial charge in [-0.25, -0.2) is 8.42 Å². The van der Waals surface area contributed by atoms with Crippen molar-refractivity contribution in [2.75, 3.05) is 30.4 Å². The molecule has 1 amide bonds. The molecule has 1 unspecified atom stereocenters. The lowest BCUT2D eigenvalue weighted by Crippen LogP contribution is -2.35. The molecular weight excluding hydrogens is 347 g/mol. The molecule has 1 atom stereocenters. The van der Waals surface area contributed by atoms with Gasteiger partial charge in [0.15, 0.2) is 9.84 Å². The van der Waals surface area contributed by atoms with Gasteiger partial charge in [0.05, 0.1) is 22.2 Å². The number of sulfone groups is 1. The van der Waals surface area contributed by atoms with Crippen LogP contribution in [0.15, 0.2) is 18.2 Å². The van der Waals surface area contributed by atoms with E-state index in [1.54, 1.807) is 18.2 Å². The van der Waals surface area contributed by atoms with E-state index in [9.17, 15) is 13.2 Å². The molecule has 1 aromatic carbocycles. The molecule has 1 aliphatic heterocycles. The Morgan fingerprint density at radius 3 is 2.77 bits per heavy atom. The highest BCUT2D eigenvalue weighted by Gasteiger charge is 2.30. The number of benzene rings is 1. The predicted octanol–water partition coefficient (Wildman–Crippen LogP) is 2.44. The van der Waals surface area contributed by atoms with Crippen LogP contribution in [0.1, 0.15) is 12.8 Å². The number of nitrogens with zero attached hydrogens (tertiary/aromatic N) is 1. The first-order valence-corrected chi connectivity index (χ1v) is 9.50. The average molecular weight is 365 g/mol. The van der Waals surface area contributed by atoms with Crippen molar-refractivity contribution >= 4 is 44.6 Å². The Kier molecular flexibility index (Phi) is 5.71. The molecule has 1 aliphatic rings. The van der Waals surface area contributed by atoms with Crippen LogP contribution in [0.3, 0.4) is 0 Å². The largest absolute Gasteiger partial charge is 0.325 e. The molecule has 0 aliphatic carbocycles. The Balaban J connectivity index is 1.84. The lowest BCUT2D eigenvalue weighted by molar-refractivity contribution is -0.116. The van der Waals surface area contributed by atoms with Crippen LogP contribution in [0.4, 0.5) is 5.69 Å². The number of carbonyl (C=O) groups excluding carboxylic acids is 1. The van der Waals surface area contributed by atoms with E-state index < -0.39 is 9.84 Å². The van der Waals surface area contributed by atoms with E-state index in [1.807, 2.05) is 11.9 Å². The third-order valence-electron chi connectivity index (χ3n) is 3.73. The molecule has 122 valence electrons. The van der Waals surface area contributed by atoms with Crippen LogP contribution >= 0.6 is 23.2 Å². The first-order chi connectivity index (χ1) is 10.3. The van der Waals surface area contributed by atoms with Crippen molar-refractivity contribution in [3.63, 3.8) is 0 Å². The Morgan fingerprint density at radius 2 is 2.14 bits per heavy atom. The molecule has 2 rings (SSSR count). The second kappa shape index (κ2) is 7.17. The second-order valence-corrected chi connectivity index (χ2v) is 8.53. The molecule has 5 nitrogen and oxygen atoms in total. The highest BCUT2D eigenvalue weighted by molar-refractivity contribution is 7.91. The highest BCUT2D eigenvalue weighted by atomic mass is 35.5. The van der Waals surface area contributed by atoms with Gasteiger partial charge in [-0.3, -0.25) is 4.79 Å². The van der Waals surface area contributed by atoms with Crippen molar-refractivity contribution in [1.82, 2.24) is 4.90 Å². The van der Waals surface area contributed by atoms with Crippen molar-refractivity contribution in [2.45, 2.75) is 18.9 Å². The third-order valence-corrected chi connectivity index (χ3v) is 6.04. The van der Waals surface area contributed by atoms with Crippen molar-refractivity contribution in [3.05, 3.63) is 28.2 Å². The molecule has 1 fully saturated rings. The zero-order chi connectivity index (χ0) is 16.3. The molecule has 0 saturated carbocycles. The fourth-order valence-electron chi connectivity index (χ4n) is 2.39. The first kappa shape index (κ1) is 17.5. The van der Waals surface area contributed by atoms with Crippen LogP contribution in [0, 0.1) is 0 Å². The van der Waals surface area contributed by atoms with E-state index in [-0.39, 0.29) is 29.9 Å². The smallest absolute Gasteiger partial charge is 0.225 e. The third kappa shape index (κ3) is 4.84. The van der Waals surface area contributed by atoms with E-state index in [0.717, 1.165) is 0 Å². The van der Waals surface area contributed by atoms with Gasteiger partial charge in [-0.1, -0.05) is 23.2 Å². The zero-order valence-corrected chi connectivity index (χ0v) is 14.5. The summed E-state index contributed by atoms with van der Waals surface area (Å²) in [5.41, 5.74) is 0.477. The summed E-state index contributed by atoms with van der Waals surface area (Å²) in [7, 11) is -1.07. The summed E-state index contributed by atoms with van der Waals surface area (Å²) < 4.78 is 22.9. The van der Waals surface area contributed by atoms with Crippen molar-refractivity contribution < 1.29 is 13.2 Å². The fraction of sp³-hybridized carbons (Fsp3) is 0.500. The van der Waals surface area contributed by atoms with Gasteiger partial charge >= 0.3 is 0 Å². The summed E-state index contributed by atoms with van der Waals surface area (Å²) in [5.74, 6) is 0.217. The average Bonchev–Trinajstić information content (AvgIpc) is 2.80. The number of hydrogen-bond acceptors (Lipinski definition) is 4. The Hall–Kier alpha value is -0.820. The standard InChI is InChI=1S/C14H18Cl2N2O3S/c1-18(11-5-7-22(20,21)9-11)6-4-14(19)17-13-8-10(15)2-3-12(13)16/h2-3,8,11H,4-7,9H2,1H3,(H,17,19). The van der Waals surface area contributed by atoms with Gasteiger partial charge in [-0.05, 0) is 31.7 Å². The van der Waals surface area contributed by atoms with Crippen molar-refractivity contribution in [1.29, 1.82) is 0 Å². The van der Waals surface area contributed by atoms with Crippen LogP contribution in [0.25, 0.3) is 0 Å². The first-order valence-electron chi connectivity index (χ1n) is 6.92. The number of amides is 1. The summed E-state index contributed by atoms with van der Waals surface area (Å²) in [5, 5.41) is 3.63. The molecular formula is C14H18Cl2N2O3S. The van der Waals surface area contributed by atoms with Crippen LogP contribution in [0.5, 0.6) is 0 Å². The Bertz CT molecular complexity index is 664. The van der Waals surface area contributed by atoms with E-state index in [4.69, 9.17) is 23.2 Å². The minimum Gasteiger partial charge on any atom is -0.325 e. The molecule has 8 heteroatoms. The monoisotopic (exact) mass is 364 g/mol. The van der Waals surface area contributed by atoms with Crippen LogP contribution in [-0.2, 0) is 14.6 Å². The lowest BCUT2D eigenvalue weighted by Gasteiger charge is -2.22. The van der Waals surface area contributed by atoms with Gasteiger partial charge in [0.2, 0.25) is 5.91 Å². The van der Waals surface area contributed by atoms with E-state index >= 15 is 0 Å². The molecule has 0 aromatic heterocycles. The van der Waals surface area contributed by atoms with Gasteiger partial charge < -0.3 is 10.2 Å². The molecule has 0 bridgehead atoms. The Morgan fingerprint density at radius 1 is 1.41 bits per heavy atom.